The first-order chi connectivity index (χ1) is 8.30. The van der Waals surface area contributed by atoms with Crippen molar-refractivity contribution in [2.45, 2.75) is 33.3 Å². The summed E-state index contributed by atoms with van der Waals surface area (Å²) in [7, 11) is 0. The molecule has 0 aliphatic rings. The Morgan fingerprint density at radius 1 is 1.33 bits per heavy atom. The minimum atomic E-state index is -0.515. The lowest BCUT2D eigenvalue weighted by Crippen LogP contribution is -2.27. The molecule has 0 aliphatic carbocycles. The number of benzene rings is 1. The zero-order chi connectivity index (χ0) is 13.8. The summed E-state index contributed by atoms with van der Waals surface area (Å²) in [5.41, 5.74) is 0.112. The minimum Gasteiger partial charge on any atom is -0.494 e. The number of carbonyl (C=O) groups is 1. The number of hydrogen-bond donors (Lipinski definition) is 1. The summed E-state index contributed by atoms with van der Waals surface area (Å²) in [5.74, 6) is 0.693. The molecule has 0 saturated heterocycles. The van der Waals surface area contributed by atoms with Gasteiger partial charge in [-0.15, -0.1) is 0 Å². The van der Waals surface area contributed by atoms with Crippen LogP contribution in [-0.2, 0) is 4.74 Å². The highest BCUT2D eigenvalue weighted by molar-refractivity contribution is 9.10. The van der Waals surface area contributed by atoms with Gasteiger partial charge in [0.1, 0.15) is 11.4 Å². The normalized spacial score (nSPS) is 10.9. The van der Waals surface area contributed by atoms with E-state index in [9.17, 15) is 4.79 Å². The van der Waals surface area contributed by atoms with Gasteiger partial charge in [-0.1, -0.05) is 15.9 Å². The van der Waals surface area contributed by atoms with Gasteiger partial charge in [-0.3, -0.25) is 5.32 Å². The van der Waals surface area contributed by atoms with Crippen molar-refractivity contribution in [1.82, 2.24) is 0 Å². The van der Waals surface area contributed by atoms with Gasteiger partial charge in [-0.25, -0.2) is 4.79 Å². The lowest BCUT2D eigenvalue weighted by atomic mass is 10.2. The monoisotopic (exact) mass is 315 g/mol. The van der Waals surface area contributed by atoms with E-state index >= 15 is 0 Å². The van der Waals surface area contributed by atoms with Gasteiger partial charge in [0, 0.05) is 16.2 Å². The smallest absolute Gasteiger partial charge is 0.412 e. The Morgan fingerprint density at radius 2 is 2.00 bits per heavy atom. The molecule has 0 aliphatic heterocycles. The van der Waals surface area contributed by atoms with E-state index in [0.717, 1.165) is 4.47 Å². The van der Waals surface area contributed by atoms with E-state index in [1.807, 2.05) is 33.8 Å². The zero-order valence-corrected chi connectivity index (χ0v) is 12.6. The van der Waals surface area contributed by atoms with Crippen molar-refractivity contribution in [3.8, 4) is 5.75 Å². The maximum absolute atomic E-state index is 11.6. The van der Waals surface area contributed by atoms with Gasteiger partial charge in [0.15, 0.2) is 0 Å². The summed E-state index contributed by atoms with van der Waals surface area (Å²) in [6, 6.07) is 5.37. The summed E-state index contributed by atoms with van der Waals surface area (Å²) in [4.78, 5) is 11.6. The molecule has 0 unspecified atom stereocenters. The van der Waals surface area contributed by atoms with E-state index in [0.29, 0.717) is 18.0 Å². The number of nitrogens with one attached hydrogen (secondary N) is 1. The third-order valence-electron chi connectivity index (χ3n) is 1.83. The summed E-state index contributed by atoms with van der Waals surface area (Å²) in [6.45, 7) is 7.93. The zero-order valence-electron chi connectivity index (χ0n) is 11.0. The molecule has 1 amide bonds. The Morgan fingerprint density at radius 3 is 2.56 bits per heavy atom. The van der Waals surface area contributed by atoms with Gasteiger partial charge >= 0.3 is 6.09 Å². The highest BCUT2D eigenvalue weighted by atomic mass is 79.9. The van der Waals surface area contributed by atoms with E-state index in [2.05, 4.69) is 21.2 Å². The highest BCUT2D eigenvalue weighted by Crippen LogP contribution is 2.25. The molecule has 0 spiro atoms. The fourth-order valence-electron chi connectivity index (χ4n) is 1.31. The average Bonchev–Trinajstić information content (AvgIpc) is 2.12. The number of rotatable bonds is 3. The topological polar surface area (TPSA) is 47.6 Å². The molecule has 4 nitrogen and oxygen atoms in total. The van der Waals surface area contributed by atoms with Crippen LogP contribution >= 0.6 is 15.9 Å². The van der Waals surface area contributed by atoms with Crippen molar-refractivity contribution in [1.29, 1.82) is 0 Å². The average molecular weight is 316 g/mol. The molecule has 18 heavy (non-hydrogen) atoms. The van der Waals surface area contributed by atoms with Crippen LogP contribution in [0.25, 0.3) is 0 Å². The standard InChI is InChI=1S/C13H18BrNO3/c1-5-17-11-7-9(14)6-10(8-11)15-12(16)18-13(2,3)4/h6-8H,5H2,1-4H3,(H,15,16). The van der Waals surface area contributed by atoms with Gasteiger partial charge in [-0.2, -0.15) is 0 Å². The van der Waals surface area contributed by atoms with Gasteiger partial charge in [0.2, 0.25) is 0 Å². The molecule has 0 fully saturated rings. The first-order valence-electron chi connectivity index (χ1n) is 5.73. The fraction of sp³-hybridized carbons (Fsp3) is 0.462. The largest absolute Gasteiger partial charge is 0.494 e. The van der Waals surface area contributed by atoms with E-state index < -0.39 is 11.7 Å². The second-order valence-corrected chi connectivity index (χ2v) is 5.65. The van der Waals surface area contributed by atoms with Crippen molar-refractivity contribution in [2.24, 2.45) is 0 Å². The third kappa shape index (κ3) is 5.40. The Labute approximate surface area is 116 Å². The first-order valence-corrected chi connectivity index (χ1v) is 6.53. The van der Waals surface area contributed by atoms with Crippen LogP contribution in [0.1, 0.15) is 27.7 Å². The van der Waals surface area contributed by atoms with E-state index in [1.165, 1.54) is 0 Å². The maximum Gasteiger partial charge on any atom is 0.412 e. The summed E-state index contributed by atoms with van der Waals surface area (Å²) in [5, 5.41) is 2.67. The first kappa shape index (κ1) is 14.8. The van der Waals surface area contributed by atoms with Crippen LogP contribution in [-0.4, -0.2) is 18.3 Å². The molecule has 0 heterocycles. The number of amides is 1. The second kappa shape index (κ2) is 6.09. The minimum absolute atomic E-state index is 0.483. The molecular weight excluding hydrogens is 298 g/mol. The van der Waals surface area contributed by atoms with Crippen LogP contribution in [0, 0.1) is 0 Å². The number of halogens is 1. The molecule has 1 aromatic carbocycles. The quantitative estimate of drug-likeness (QED) is 0.909. The Hall–Kier alpha value is -1.23. The molecule has 0 aromatic heterocycles. The molecule has 1 rings (SSSR count). The van der Waals surface area contributed by atoms with Gasteiger partial charge in [-0.05, 0) is 39.8 Å². The van der Waals surface area contributed by atoms with Crippen molar-refractivity contribution in [3.05, 3.63) is 22.7 Å². The predicted octanol–water partition coefficient (Wildman–Crippen LogP) is 4.19. The van der Waals surface area contributed by atoms with E-state index in [-0.39, 0.29) is 0 Å². The lowest BCUT2D eigenvalue weighted by molar-refractivity contribution is 0.0636. The van der Waals surface area contributed by atoms with Gasteiger partial charge in [0.25, 0.3) is 0 Å². The highest BCUT2D eigenvalue weighted by Gasteiger charge is 2.16. The van der Waals surface area contributed by atoms with Crippen molar-refractivity contribution >= 4 is 27.7 Å². The number of ether oxygens (including phenoxy) is 2. The van der Waals surface area contributed by atoms with Crippen LogP contribution in [0.15, 0.2) is 22.7 Å². The molecule has 0 bridgehead atoms. The molecule has 0 saturated carbocycles. The molecule has 1 N–H and O–H groups in total. The lowest BCUT2D eigenvalue weighted by Gasteiger charge is -2.19. The van der Waals surface area contributed by atoms with Gasteiger partial charge in [0.05, 0.1) is 6.61 Å². The van der Waals surface area contributed by atoms with Crippen LogP contribution in [0.2, 0.25) is 0 Å². The van der Waals surface area contributed by atoms with Crippen molar-refractivity contribution < 1.29 is 14.3 Å². The van der Waals surface area contributed by atoms with Gasteiger partial charge < -0.3 is 9.47 Å². The van der Waals surface area contributed by atoms with Crippen LogP contribution in [0.4, 0.5) is 10.5 Å². The fourth-order valence-corrected chi connectivity index (χ4v) is 1.78. The van der Waals surface area contributed by atoms with Crippen molar-refractivity contribution in [2.75, 3.05) is 11.9 Å². The van der Waals surface area contributed by atoms with E-state index in [1.54, 1.807) is 12.1 Å². The molecular formula is C13H18BrNO3. The number of hydrogen-bond acceptors (Lipinski definition) is 3. The van der Waals surface area contributed by atoms with E-state index in [4.69, 9.17) is 9.47 Å². The maximum atomic E-state index is 11.6. The Kier molecular flexibility index (Phi) is 5.02. The summed E-state index contributed by atoms with van der Waals surface area (Å²) < 4.78 is 11.4. The summed E-state index contributed by atoms with van der Waals surface area (Å²) in [6.07, 6.45) is -0.483. The van der Waals surface area contributed by atoms with Crippen molar-refractivity contribution in [3.63, 3.8) is 0 Å². The Balaban J connectivity index is 2.75. The summed E-state index contributed by atoms with van der Waals surface area (Å²) >= 11 is 3.36. The number of carbonyl (C=O) groups excluding carboxylic acids is 1. The number of anilines is 1. The van der Waals surface area contributed by atoms with Crippen LogP contribution in [0.3, 0.4) is 0 Å². The SMILES string of the molecule is CCOc1cc(Br)cc(NC(=O)OC(C)(C)C)c1. The molecule has 100 valence electrons. The Bertz CT molecular complexity index is 427. The predicted molar refractivity (Wildman–Crippen MR) is 75.2 cm³/mol. The molecule has 5 heteroatoms. The van der Waals surface area contributed by atoms with Crippen LogP contribution < -0.4 is 10.1 Å². The molecule has 1 aromatic rings. The second-order valence-electron chi connectivity index (χ2n) is 4.74. The third-order valence-corrected chi connectivity index (χ3v) is 2.29. The molecule has 0 radical (unpaired) electrons. The molecule has 0 atom stereocenters. The van der Waals surface area contributed by atoms with Crippen LogP contribution in [0.5, 0.6) is 5.75 Å².